The van der Waals surface area contributed by atoms with Crippen molar-refractivity contribution in [2.75, 3.05) is 17.3 Å². The monoisotopic (exact) mass is 308 g/mol. The number of hydrogen-bond donors (Lipinski definition) is 3. The number of primary amides is 1. The molecule has 1 heterocycles. The van der Waals surface area contributed by atoms with Gasteiger partial charge in [-0.2, -0.15) is 0 Å². The fraction of sp³-hybridized carbons (Fsp3) is 0.154. The Bertz CT molecular complexity index is 734. The zero-order valence-corrected chi connectivity index (χ0v) is 12.1. The van der Waals surface area contributed by atoms with Gasteiger partial charge in [-0.15, -0.1) is 11.4 Å². The molecule has 21 heavy (non-hydrogen) atoms. The molecular formula is C13H16N4O3S. The molecule has 1 aromatic heterocycles. The predicted octanol–water partition coefficient (Wildman–Crippen LogP) is 0.480. The minimum absolute atomic E-state index is 0.261. The highest BCUT2D eigenvalue weighted by atomic mass is 32.2. The van der Waals surface area contributed by atoms with Crippen LogP contribution in [0.4, 0.5) is 5.82 Å². The van der Waals surface area contributed by atoms with Crippen molar-refractivity contribution in [1.29, 1.82) is 0 Å². The highest BCUT2D eigenvalue weighted by Crippen LogP contribution is 2.20. The summed E-state index contributed by atoms with van der Waals surface area (Å²) in [6.45, 7) is 3.10. The van der Waals surface area contributed by atoms with Crippen molar-refractivity contribution in [2.24, 2.45) is 5.73 Å². The molecular weight excluding hydrogens is 292 g/mol. The molecule has 0 saturated carbocycles. The summed E-state index contributed by atoms with van der Waals surface area (Å²) in [6, 6.07) is 9.16. The van der Waals surface area contributed by atoms with E-state index in [1.54, 1.807) is 6.07 Å². The number of nitrogens with zero attached hydrogens (tertiary/aromatic N) is 1. The molecule has 1 amide bonds. The van der Waals surface area contributed by atoms with Gasteiger partial charge in [-0.25, -0.2) is 8.42 Å². The van der Waals surface area contributed by atoms with Gasteiger partial charge < -0.3 is 10.7 Å². The van der Waals surface area contributed by atoms with E-state index in [1.807, 2.05) is 24.3 Å². The van der Waals surface area contributed by atoms with Crippen molar-refractivity contribution >= 4 is 32.7 Å². The first kappa shape index (κ1) is 15.1. The lowest BCUT2D eigenvalue weighted by atomic mass is 10.2. The summed E-state index contributed by atoms with van der Waals surface area (Å²) in [5.74, 6) is -0.486. The van der Waals surface area contributed by atoms with Crippen LogP contribution in [0.15, 0.2) is 43.0 Å². The summed E-state index contributed by atoms with van der Waals surface area (Å²) < 4.78 is 23.6. The number of hydrazine groups is 1. The Morgan fingerprint density at radius 2 is 2.14 bits per heavy atom. The lowest BCUT2D eigenvalue weighted by Gasteiger charge is -2.21. The van der Waals surface area contributed by atoms with Gasteiger partial charge in [0.1, 0.15) is 12.4 Å². The molecule has 0 saturated heterocycles. The van der Waals surface area contributed by atoms with Crippen LogP contribution >= 0.6 is 0 Å². The summed E-state index contributed by atoms with van der Waals surface area (Å²) in [4.78, 5) is 16.5. The molecule has 0 fully saturated rings. The van der Waals surface area contributed by atoms with Gasteiger partial charge in [-0.1, -0.05) is 24.3 Å². The molecule has 0 aliphatic carbocycles. The molecule has 0 atom stereocenters. The molecule has 0 spiro atoms. The molecule has 2 aromatic rings. The number of aromatic amines is 1. The lowest BCUT2D eigenvalue weighted by molar-refractivity contribution is -0.116. The highest BCUT2D eigenvalue weighted by Gasteiger charge is 2.18. The number of anilines is 1. The van der Waals surface area contributed by atoms with E-state index in [4.69, 9.17) is 5.73 Å². The largest absolute Gasteiger partial charge is 0.368 e. The SMILES string of the molecule is C=CCS(=O)(=O)NN(CC(N)=O)c1cc2ccccc2[nH]1. The Labute approximate surface area is 122 Å². The van der Waals surface area contributed by atoms with Crippen LogP contribution in [-0.2, 0) is 14.8 Å². The van der Waals surface area contributed by atoms with Crippen molar-refractivity contribution in [3.63, 3.8) is 0 Å². The maximum atomic E-state index is 11.8. The molecule has 7 nitrogen and oxygen atoms in total. The molecule has 1 aromatic carbocycles. The Hall–Kier alpha value is -2.32. The molecule has 0 aliphatic rings. The molecule has 112 valence electrons. The van der Waals surface area contributed by atoms with Crippen molar-refractivity contribution in [3.05, 3.63) is 43.0 Å². The highest BCUT2D eigenvalue weighted by molar-refractivity contribution is 7.89. The third-order valence-electron chi connectivity index (χ3n) is 2.71. The van der Waals surface area contributed by atoms with E-state index < -0.39 is 15.9 Å². The Balaban J connectivity index is 2.35. The molecule has 0 bridgehead atoms. The molecule has 0 unspecified atom stereocenters. The third-order valence-corrected chi connectivity index (χ3v) is 3.88. The van der Waals surface area contributed by atoms with Gasteiger partial charge in [0.25, 0.3) is 0 Å². The summed E-state index contributed by atoms with van der Waals surface area (Å²) in [6.07, 6.45) is 1.26. The average Bonchev–Trinajstić information content (AvgIpc) is 2.80. The second kappa shape index (κ2) is 5.98. The summed E-state index contributed by atoms with van der Waals surface area (Å²) in [5.41, 5.74) is 5.99. The van der Waals surface area contributed by atoms with Crippen molar-refractivity contribution in [2.45, 2.75) is 0 Å². The number of benzene rings is 1. The van der Waals surface area contributed by atoms with Gasteiger partial charge in [-0.3, -0.25) is 9.80 Å². The molecule has 0 aliphatic heterocycles. The number of amides is 1. The number of fused-ring (bicyclic) bond motifs is 1. The number of carbonyl (C=O) groups excluding carboxylic acids is 1. The number of sulfonamides is 1. The molecule has 8 heteroatoms. The van der Waals surface area contributed by atoms with Crippen LogP contribution in [0.25, 0.3) is 10.9 Å². The van der Waals surface area contributed by atoms with E-state index >= 15 is 0 Å². The third kappa shape index (κ3) is 3.83. The Kier molecular flexibility index (Phi) is 4.29. The Morgan fingerprint density at radius 1 is 1.43 bits per heavy atom. The van der Waals surface area contributed by atoms with Crippen LogP contribution in [0.5, 0.6) is 0 Å². The number of H-pyrrole nitrogens is 1. The fourth-order valence-electron chi connectivity index (χ4n) is 1.89. The number of nitrogens with two attached hydrogens (primary N) is 1. The first-order chi connectivity index (χ1) is 9.91. The first-order valence-electron chi connectivity index (χ1n) is 6.16. The first-order valence-corrected chi connectivity index (χ1v) is 7.81. The van der Waals surface area contributed by atoms with Gasteiger partial charge in [0, 0.05) is 10.9 Å². The zero-order valence-electron chi connectivity index (χ0n) is 11.2. The van der Waals surface area contributed by atoms with E-state index in [2.05, 4.69) is 16.4 Å². The van der Waals surface area contributed by atoms with Crippen molar-refractivity contribution in [1.82, 2.24) is 9.82 Å². The quantitative estimate of drug-likeness (QED) is 0.510. The Morgan fingerprint density at radius 3 is 2.76 bits per heavy atom. The number of para-hydroxylation sites is 1. The number of carbonyl (C=O) groups is 1. The van der Waals surface area contributed by atoms with Gasteiger partial charge in [0.05, 0.1) is 5.75 Å². The molecule has 2 rings (SSSR count). The summed E-state index contributed by atoms with van der Waals surface area (Å²) in [7, 11) is -3.63. The number of hydrogen-bond acceptors (Lipinski definition) is 4. The van der Waals surface area contributed by atoms with Gasteiger partial charge in [0.2, 0.25) is 15.9 Å². The second-order valence-corrected chi connectivity index (χ2v) is 6.20. The minimum atomic E-state index is -3.63. The number of nitrogens with one attached hydrogen (secondary N) is 2. The summed E-state index contributed by atoms with van der Waals surface area (Å²) in [5, 5.41) is 2.06. The normalized spacial score (nSPS) is 11.4. The van der Waals surface area contributed by atoms with E-state index in [9.17, 15) is 13.2 Å². The van der Waals surface area contributed by atoms with Crippen molar-refractivity contribution < 1.29 is 13.2 Å². The predicted molar refractivity (Wildman–Crippen MR) is 82.0 cm³/mol. The van der Waals surface area contributed by atoms with Crippen LogP contribution in [0.3, 0.4) is 0 Å². The maximum Gasteiger partial charge on any atom is 0.238 e. The standard InChI is InChI=1S/C13H16N4O3S/c1-2-7-21(19,20)16-17(9-12(14)18)13-8-10-5-3-4-6-11(10)15-13/h2-6,8,15-16H,1,7,9H2,(H2,14,18). The summed E-state index contributed by atoms with van der Waals surface area (Å²) >= 11 is 0. The van der Waals surface area contributed by atoms with Crippen LogP contribution in [0.2, 0.25) is 0 Å². The van der Waals surface area contributed by atoms with Crippen LogP contribution in [-0.4, -0.2) is 31.6 Å². The van der Waals surface area contributed by atoms with E-state index in [0.29, 0.717) is 5.82 Å². The topological polar surface area (TPSA) is 108 Å². The lowest BCUT2D eigenvalue weighted by Crippen LogP contribution is -2.47. The van der Waals surface area contributed by atoms with Gasteiger partial charge in [0.15, 0.2) is 0 Å². The number of aromatic nitrogens is 1. The zero-order chi connectivity index (χ0) is 15.5. The van der Waals surface area contributed by atoms with Gasteiger partial charge in [-0.05, 0) is 12.1 Å². The smallest absolute Gasteiger partial charge is 0.238 e. The van der Waals surface area contributed by atoms with Crippen LogP contribution < -0.4 is 15.6 Å². The van der Waals surface area contributed by atoms with Crippen LogP contribution in [0.1, 0.15) is 0 Å². The average molecular weight is 308 g/mol. The number of rotatable bonds is 7. The van der Waals surface area contributed by atoms with E-state index in [1.165, 1.54) is 11.1 Å². The van der Waals surface area contributed by atoms with E-state index in [-0.39, 0.29) is 12.3 Å². The second-order valence-electron chi connectivity index (χ2n) is 4.46. The fourth-order valence-corrected chi connectivity index (χ4v) is 2.77. The molecule has 4 N–H and O–H groups in total. The molecule has 0 radical (unpaired) electrons. The minimum Gasteiger partial charge on any atom is -0.368 e. The van der Waals surface area contributed by atoms with Gasteiger partial charge >= 0.3 is 0 Å². The van der Waals surface area contributed by atoms with Crippen molar-refractivity contribution in [3.8, 4) is 0 Å². The van der Waals surface area contributed by atoms with Crippen LogP contribution in [0, 0.1) is 0 Å². The maximum absolute atomic E-state index is 11.8. The van der Waals surface area contributed by atoms with E-state index in [0.717, 1.165) is 10.9 Å².